The van der Waals surface area contributed by atoms with Gasteiger partial charge in [0.1, 0.15) is 23.8 Å². The number of aliphatic carboxylic acids is 1. The van der Waals surface area contributed by atoms with E-state index in [1.807, 2.05) is 13.0 Å². The highest BCUT2D eigenvalue weighted by molar-refractivity contribution is 5.70. The Kier molecular flexibility index (Phi) is 4.65. The molecular formula is C18H21NO4. The van der Waals surface area contributed by atoms with Crippen molar-refractivity contribution < 1.29 is 19.1 Å². The third-order valence-corrected chi connectivity index (χ3v) is 4.24. The number of carboxylic acid groups (broad SMARTS) is 1. The molecule has 0 radical (unpaired) electrons. The maximum atomic E-state index is 10.8. The molecule has 122 valence electrons. The number of aryl methyl sites for hydroxylation is 1. The van der Waals surface area contributed by atoms with Crippen molar-refractivity contribution in [1.29, 1.82) is 0 Å². The Balaban J connectivity index is 1.65. The summed E-state index contributed by atoms with van der Waals surface area (Å²) in [6.45, 7) is 2.24. The molecule has 5 nitrogen and oxygen atoms in total. The average molecular weight is 315 g/mol. The maximum Gasteiger partial charge on any atom is 0.307 e. The predicted octanol–water partition coefficient (Wildman–Crippen LogP) is 3.85. The fourth-order valence-electron chi connectivity index (χ4n) is 3.00. The van der Waals surface area contributed by atoms with E-state index in [4.69, 9.17) is 14.3 Å². The molecule has 1 N–H and O–H groups in total. The van der Waals surface area contributed by atoms with Crippen molar-refractivity contribution in [1.82, 2.24) is 4.98 Å². The summed E-state index contributed by atoms with van der Waals surface area (Å²) >= 11 is 0. The van der Waals surface area contributed by atoms with Gasteiger partial charge in [-0.2, -0.15) is 0 Å². The van der Waals surface area contributed by atoms with Crippen molar-refractivity contribution in [2.45, 2.75) is 51.6 Å². The Morgan fingerprint density at radius 2 is 2.17 bits per heavy atom. The number of hydrogen-bond acceptors (Lipinski definition) is 4. The van der Waals surface area contributed by atoms with Gasteiger partial charge in [-0.3, -0.25) is 4.79 Å². The minimum atomic E-state index is -0.851. The highest BCUT2D eigenvalue weighted by atomic mass is 16.5. The van der Waals surface area contributed by atoms with Gasteiger partial charge in [-0.1, -0.05) is 25.0 Å². The van der Waals surface area contributed by atoms with Crippen molar-refractivity contribution in [3.05, 3.63) is 47.2 Å². The van der Waals surface area contributed by atoms with Gasteiger partial charge in [-0.05, 0) is 37.5 Å². The van der Waals surface area contributed by atoms with Gasteiger partial charge in [0.15, 0.2) is 5.89 Å². The molecule has 3 rings (SSSR count). The third-order valence-electron chi connectivity index (χ3n) is 4.24. The Labute approximate surface area is 135 Å². The molecule has 1 aromatic carbocycles. The number of oxazole rings is 1. The zero-order chi connectivity index (χ0) is 16.2. The van der Waals surface area contributed by atoms with E-state index in [2.05, 4.69) is 4.98 Å². The van der Waals surface area contributed by atoms with Crippen molar-refractivity contribution in [3.8, 4) is 5.75 Å². The molecule has 1 heterocycles. The predicted molar refractivity (Wildman–Crippen MR) is 84.6 cm³/mol. The normalized spacial score (nSPS) is 15.0. The number of nitrogens with zero attached hydrogens (tertiary/aromatic N) is 1. The van der Waals surface area contributed by atoms with E-state index in [0.717, 1.165) is 35.7 Å². The van der Waals surface area contributed by atoms with E-state index in [1.54, 1.807) is 18.2 Å². The van der Waals surface area contributed by atoms with Crippen LogP contribution in [0.2, 0.25) is 0 Å². The lowest BCUT2D eigenvalue weighted by Crippen LogP contribution is -2.02. The van der Waals surface area contributed by atoms with E-state index in [0.29, 0.717) is 18.3 Å². The van der Waals surface area contributed by atoms with Crippen molar-refractivity contribution in [2.75, 3.05) is 0 Å². The molecule has 0 aliphatic heterocycles. The van der Waals surface area contributed by atoms with Gasteiger partial charge in [0.2, 0.25) is 0 Å². The Hall–Kier alpha value is -2.30. The smallest absolute Gasteiger partial charge is 0.307 e. The van der Waals surface area contributed by atoms with Gasteiger partial charge in [-0.15, -0.1) is 0 Å². The summed E-state index contributed by atoms with van der Waals surface area (Å²) < 4.78 is 11.6. The highest BCUT2D eigenvalue weighted by Crippen LogP contribution is 2.34. The van der Waals surface area contributed by atoms with Gasteiger partial charge in [0, 0.05) is 5.92 Å². The van der Waals surface area contributed by atoms with Crippen LogP contribution in [-0.4, -0.2) is 16.1 Å². The highest BCUT2D eigenvalue weighted by Gasteiger charge is 2.23. The lowest BCUT2D eigenvalue weighted by atomic mass is 10.1. The number of benzene rings is 1. The molecule has 1 aromatic heterocycles. The summed E-state index contributed by atoms with van der Waals surface area (Å²) in [5.74, 6) is 1.87. The van der Waals surface area contributed by atoms with Crippen LogP contribution in [0.1, 0.15) is 54.5 Å². The molecule has 1 saturated carbocycles. The second-order valence-corrected chi connectivity index (χ2v) is 6.04. The number of carbonyl (C=O) groups is 1. The molecule has 0 bridgehead atoms. The topological polar surface area (TPSA) is 72.6 Å². The molecule has 0 saturated heterocycles. The van der Waals surface area contributed by atoms with Gasteiger partial charge >= 0.3 is 5.97 Å². The van der Waals surface area contributed by atoms with Crippen LogP contribution in [0.25, 0.3) is 0 Å². The first-order chi connectivity index (χ1) is 11.1. The van der Waals surface area contributed by atoms with Crippen LogP contribution in [0, 0.1) is 6.92 Å². The van der Waals surface area contributed by atoms with Crippen molar-refractivity contribution in [2.24, 2.45) is 0 Å². The van der Waals surface area contributed by atoms with Crippen molar-refractivity contribution >= 4 is 5.97 Å². The fourth-order valence-corrected chi connectivity index (χ4v) is 3.00. The number of aromatic nitrogens is 1. The molecule has 0 spiro atoms. The Morgan fingerprint density at radius 3 is 2.91 bits per heavy atom. The summed E-state index contributed by atoms with van der Waals surface area (Å²) in [5, 5.41) is 8.85. The SMILES string of the molecule is Cc1oc(C2CCCC2)nc1COc1cccc(CC(=O)O)c1. The lowest BCUT2D eigenvalue weighted by Gasteiger charge is -2.06. The van der Waals surface area contributed by atoms with Gasteiger partial charge in [-0.25, -0.2) is 4.98 Å². The fraction of sp³-hybridized carbons (Fsp3) is 0.444. The van der Waals surface area contributed by atoms with E-state index < -0.39 is 5.97 Å². The van der Waals surface area contributed by atoms with Crippen LogP contribution >= 0.6 is 0 Å². The number of ether oxygens (including phenoxy) is 1. The van der Waals surface area contributed by atoms with E-state index in [1.165, 1.54) is 12.8 Å². The quantitative estimate of drug-likeness (QED) is 0.876. The zero-order valence-electron chi connectivity index (χ0n) is 13.2. The molecule has 23 heavy (non-hydrogen) atoms. The first-order valence-electron chi connectivity index (χ1n) is 8.01. The van der Waals surface area contributed by atoms with Gasteiger partial charge < -0.3 is 14.3 Å². The second-order valence-electron chi connectivity index (χ2n) is 6.04. The summed E-state index contributed by atoms with van der Waals surface area (Å²) in [6.07, 6.45) is 4.78. The van der Waals surface area contributed by atoms with Crippen LogP contribution in [0.15, 0.2) is 28.7 Å². The number of carboxylic acids is 1. The first-order valence-corrected chi connectivity index (χ1v) is 8.01. The van der Waals surface area contributed by atoms with Crippen LogP contribution in [0.3, 0.4) is 0 Å². The number of rotatable bonds is 6. The zero-order valence-corrected chi connectivity index (χ0v) is 13.2. The Bertz CT molecular complexity index is 686. The van der Waals surface area contributed by atoms with E-state index in [-0.39, 0.29) is 6.42 Å². The molecule has 2 aromatic rings. The molecule has 1 fully saturated rings. The van der Waals surface area contributed by atoms with Crippen LogP contribution in [-0.2, 0) is 17.8 Å². The molecular weight excluding hydrogens is 294 g/mol. The standard InChI is InChI=1S/C18H21NO4/c1-12-16(19-18(23-12)14-6-2-3-7-14)11-22-15-8-4-5-13(9-15)10-17(20)21/h4-5,8-9,14H,2-3,6-7,10-11H2,1H3,(H,20,21). The summed E-state index contributed by atoms with van der Waals surface area (Å²) in [7, 11) is 0. The minimum absolute atomic E-state index is 0.00792. The van der Waals surface area contributed by atoms with E-state index in [9.17, 15) is 4.79 Å². The monoisotopic (exact) mass is 315 g/mol. The Morgan fingerprint density at radius 1 is 1.39 bits per heavy atom. The molecule has 0 unspecified atom stereocenters. The largest absolute Gasteiger partial charge is 0.487 e. The van der Waals surface area contributed by atoms with Crippen LogP contribution < -0.4 is 4.74 Å². The van der Waals surface area contributed by atoms with Gasteiger partial charge in [0.25, 0.3) is 0 Å². The van der Waals surface area contributed by atoms with E-state index >= 15 is 0 Å². The summed E-state index contributed by atoms with van der Waals surface area (Å²) in [5.41, 5.74) is 1.54. The van der Waals surface area contributed by atoms with Crippen LogP contribution in [0.5, 0.6) is 5.75 Å². The van der Waals surface area contributed by atoms with Crippen molar-refractivity contribution in [3.63, 3.8) is 0 Å². The van der Waals surface area contributed by atoms with Gasteiger partial charge in [0.05, 0.1) is 6.42 Å². The summed E-state index contributed by atoms with van der Waals surface area (Å²) in [6, 6.07) is 7.15. The average Bonchev–Trinajstić information content (AvgIpc) is 3.14. The summed E-state index contributed by atoms with van der Waals surface area (Å²) in [4.78, 5) is 15.4. The van der Waals surface area contributed by atoms with Crippen LogP contribution in [0.4, 0.5) is 0 Å². The minimum Gasteiger partial charge on any atom is -0.487 e. The lowest BCUT2D eigenvalue weighted by molar-refractivity contribution is -0.136. The number of hydrogen-bond donors (Lipinski definition) is 1. The third kappa shape index (κ3) is 3.92. The molecule has 0 atom stereocenters. The maximum absolute atomic E-state index is 10.8. The molecule has 0 amide bonds. The molecule has 5 heteroatoms. The molecule has 1 aliphatic carbocycles. The first kappa shape index (κ1) is 15.6. The molecule has 1 aliphatic rings. The second kappa shape index (κ2) is 6.86.